The number of rotatable bonds is 6. The van der Waals surface area contributed by atoms with Gasteiger partial charge in [0.05, 0.1) is 16.9 Å². The monoisotopic (exact) mass is 501 g/mol. The molecule has 184 valence electrons. The van der Waals surface area contributed by atoms with E-state index in [1.54, 1.807) is 12.1 Å². The standard InChI is InChI=1S/C27H28FN7S/c1-4-21-26(33(3)27-31-25(24(13-29)36-27)17-5-7-19(28)8-6-17)23-12-20(11-16(2)35(23)32-21)34-10-9-22(34)18-14-30-15-18/h5-8,11-12,18,22,30H,4,9-10,14-15H2,1-3H3. The van der Waals surface area contributed by atoms with E-state index in [9.17, 15) is 9.65 Å². The van der Waals surface area contributed by atoms with Crippen LogP contribution in [0.3, 0.4) is 0 Å². The van der Waals surface area contributed by atoms with E-state index < -0.39 is 0 Å². The molecule has 1 N–H and O–H groups in total. The van der Waals surface area contributed by atoms with Gasteiger partial charge < -0.3 is 15.1 Å². The minimum Gasteiger partial charge on any atom is -0.368 e. The Morgan fingerprint density at radius 2 is 2.03 bits per heavy atom. The summed E-state index contributed by atoms with van der Waals surface area (Å²) in [6, 6.07) is 13.5. The molecular formula is C27H28FN7S. The maximum absolute atomic E-state index is 13.5. The van der Waals surface area contributed by atoms with Crippen molar-refractivity contribution in [1.82, 2.24) is 19.9 Å². The molecule has 0 radical (unpaired) electrons. The minimum atomic E-state index is -0.312. The zero-order valence-corrected chi connectivity index (χ0v) is 21.4. The predicted molar refractivity (Wildman–Crippen MR) is 142 cm³/mol. The lowest BCUT2D eigenvalue weighted by atomic mass is 9.84. The summed E-state index contributed by atoms with van der Waals surface area (Å²) in [7, 11) is 1.99. The van der Waals surface area contributed by atoms with Gasteiger partial charge in [-0.2, -0.15) is 10.4 Å². The molecular weight excluding hydrogens is 473 g/mol. The summed E-state index contributed by atoms with van der Waals surface area (Å²) in [5, 5.41) is 18.8. The van der Waals surface area contributed by atoms with Crippen molar-refractivity contribution in [2.75, 3.05) is 36.5 Å². The third-order valence-corrected chi connectivity index (χ3v) is 8.52. The molecule has 1 unspecified atom stereocenters. The van der Waals surface area contributed by atoms with E-state index in [-0.39, 0.29) is 5.82 Å². The van der Waals surface area contributed by atoms with Gasteiger partial charge in [0, 0.05) is 55.6 Å². The van der Waals surface area contributed by atoms with Crippen LogP contribution in [-0.4, -0.2) is 47.3 Å². The summed E-state index contributed by atoms with van der Waals surface area (Å²) in [5.74, 6) is 0.408. The van der Waals surface area contributed by atoms with Crippen molar-refractivity contribution in [2.24, 2.45) is 5.92 Å². The molecule has 1 atom stereocenters. The first-order chi connectivity index (χ1) is 17.5. The second kappa shape index (κ2) is 8.87. The summed E-state index contributed by atoms with van der Waals surface area (Å²) in [4.78, 5) is 9.91. The fraction of sp³-hybridized carbons (Fsp3) is 0.370. The smallest absolute Gasteiger partial charge is 0.191 e. The van der Waals surface area contributed by atoms with Crippen LogP contribution in [0.1, 0.15) is 29.6 Å². The van der Waals surface area contributed by atoms with Crippen LogP contribution in [0.5, 0.6) is 0 Å². The van der Waals surface area contributed by atoms with Gasteiger partial charge in [0.1, 0.15) is 22.5 Å². The Hall–Kier alpha value is -3.48. The summed E-state index contributed by atoms with van der Waals surface area (Å²) >= 11 is 1.34. The minimum absolute atomic E-state index is 0.312. The average Bonchev–Trinajstić information content (AvgIpc) is 3.42. The quantitative estimate of drug-likeness (QED) is 0.405. The van der Waals surface area contributed by atoms with Gasteiger partial charge in [-0.15, -0.1) is 0 Å². The Balaban J connectivity index is 1.42. The molecule has 2 fully saturated rings. The zero-order chi connectivity index (χ0) is 25.0. The number of benzene rings is 1. The van der Waals surface area contributed by atoms with Gasteiger partial charge >= 0.3 is 0 Å². The molecule has 0 bridgehead atoms. The van der Waals surface area contributed by atoms with Gasteiger partial charge in [-0.25, -0.2) is 13.9 Å². The number of halogens is 1. The van der Waals surface area contributed by atoms with E-state index >= 15 is 0 Å². The molecule has 1 aromatic carbocycles. The summed E-state index contributed by atoms with van der Waals surface area (Å²) in [6.07, 6.45) is 2.02. The van der Waals surface area contributed by atoms with Gasteiger partial charge in [0.25, 0.3) is 0 Å². The van der Waals surface area contributed by atoms with Crippen molar-refractivity contribution in [3.63, 3.8) is 0 Å². The van der Waals surface area contributed by atoms with Crippen LogP contribution in [0.15, 0.2) is 36.4 Å². The van der Waals surface area contributed by atoms with Crippen LogP contribution >= 0.6 is 11.3 Å². The zero-order valence-electron chi connectivity index (χ0n) is 20.6. The fourth-order valence-corrected chi connectivity index (χ4v) is 6.18. The van der Waals surface area contributed by atoms with Gasteiger partial charge in [0.2, 0.25) is 0 Å². The van der Waals surface area contributed by atoms with E-state index in [1.807, 2.05) is 16.5 Å². The number of nitriles is 1. The largest absolute Gasteiger partial charge is 0.368 e. The first-order valence-electron chi connectivity index (χ1n) is 12.4. The molecule has 2 aliphatic rings. The molecule has 4 aromatic rings. The second-order valence-corrected chi connectivity index (χ2v) is 10.6. The highest BCUT2D eigenvalue weighted by atomic mass is 32.1. The second-order valence-electron chi connectivity index (χ2n) is 9.62. The molecule has 0 spiro atoms. The van der Waals surface area contributed by atoms with E-state index in [2.05, 4.69) is 42.3 Å². The number of hydrogen-bond donors (Lipinski definition) is 1. The van der Waals surface area contributed by atoms with Crippen LogP contribution in [0.2, 0.25) is 0 Å². The lowest BCUT2D eigenvalue weighted by Gasteiger charge is -2.50. The number of aryl methyl sites for hydroxylation is 2. The molecule has 0 amide bonds. The van der Waals surface area contributed by atoms with Crippen molar-refractivity contribution in [2.45, 2.75) is 32.7 Å². The van der Waals surface area contributed by atoms with Crippen molar-refractivity contribution in [3.05, 3.63) is 58.5 Å². The van der Waals surface area contributed by atoms with Crippen LogP contribution in [0.25, 0.3) is 16.8 Å². The van der Waals surface area contributed by atoms with Gasteiger partial charge in [-0.3, -0.25) is 0 Å². The number of pyridine rings is 1. The van der Waals surface area contributed by atoms with E-state index in [4.69, 9.17) is 10.1 Å². The van der Waals surface area contributed by atoms with Gasteiger partial charge in [-0.05, 0) is 56.2 Å². The molecule has 9 heteroatoms. The molecule has 5 heterocycles. The highest BCUT2D eigenvalue weighted by molar-refractivity contribution is 7.16. The summed E-state index contributed by atoms with van der Waals surface area (Å²) in [6.45, 7) is 7.50. The third kappa shape index (κ3) is 3.64. The number of aromatic nitrogens is 3. The first kappa shape index (κ1) is 23.0. The van der Waals surface area contributed by atoms with Crippen LogP contribution in [0, 0.1) is 30.0 Å². The van der Waals surface area contributed by atoms with Crippen LogP contribution < -0.4 is 15.1 Å². The Bertz CT molecular complexity index is 1480. The van der Waals surface area contributed by atoms with Crippen molar-refractivity contribution in [3.8, 4) is 17.3 Å². The number of fused-ring (bicyclic) bond motifs is 1. The molecule has 36 heavy (non-hydrogen) atoms. The number of hydrogen-bond acceptors (Lipinski definition) is 7. The van der Waals surface area contributed by atoms with E-state index in [0.717, 1.165) is 60.1 Å². The molecule has 3 aromatic heterocycles. The number of nitrogens with zero attached hydrogens (tertiary/aromatic N) is 6. The number of thiazole rings is 1. The summed E-state index contributed by atoms with van der Waals surface area (Å²) in [5.41, 5.74) is 6.67. The normalized spacial score (nSPS) is 17.6. The predicted octanol–water partition coefficient (Wildman–Crippen LogP) is 4.91. The first-order valence-corrected chi connectivity index (χ1v) is 13.2. The third-order valence-electron chi connectivity index (χ3n) is 7.49. The lowest BCUT2D eigenvalue weighted by Crippen LogP contribution is -2.61. The Kier molecular flexibility index (Phi) is 5.66. The fourth-order valence-electron chi connectivity index (χ4n) is 5.32. The molecule has 2 saturated heterocycles. The van der Waals surface area contributed by atoms with Crippen LogP contribution in [-0.2, 0) is 6.42 Å². The van der Waals surface area contributed by atoms with Crippen LogP contribution in [0.4, 0.5) is 20.9 Å². The van der Waals surface area contributed by atoms with Crippen molar-refractivity contribution >= 4 is 33.4 Å². The van der Waals surface area contributed by atoms with E-state index in [1.165, 1.54) is 35.6 Å². The van der Waals surface area contributed by atoms with Crippen molar-refractivity contribution in [1.29, 1.82) is 5.26 Å². The molecule has 6 rings (SSSR count). The number of anilines is 3. The SMILES string of the molecule is CCc1nn2c(C)cc(N3CCC3C3CNC3)cc2c1N(C)c1nc(-c2ccc(F)cc2)c(C#N)s1. The maximum atomic E-state index is 13.5. The lowest BCUT2D eigenvalue weighted by molar-refractivity contribution is 0.232. The average molecular weight is 502 g/mol. The molecule has 2 aliphatic heterocycles. The van der Waals surface area contributed by atoms with Gasteiger partial charge in [0.15, 0.2) is 5.13 Å². The Morgan fingerprint density at radius 3 is 2.64 bits per heavy atom. The summed E-state index contributed by atoms with van der Waals surface area (Å²) < 4.78 is 15.5. The topological polar surface area (TPSA) is 72.5 Å². The molecule has 0 saturated carbocycles. The Morgan fingerprint density at radius 1 is 1.25 bits per heavy atom. The molecule has 7 nitrogen and oxygen atoms in total. The van der Waals surface area contributed by atoms with E-state index in [0.29, 0.717) is 21.7 Å². The highest BCUT2D eigenvalue weighted by Crippen LogP contribution is 2.40. The highest BCUT2D eigenvalue weighted by Gasteiger charge is 2.38. The maximum Gasteiger partial charge on any atom is 0.191 e. The van der Waals surface area contributed by atoms with Crippen molar-refractivity contribution < 1.29 is 4.39 Å². The van der Waals surface area contributed by atoms with Gasteiger partial charge in [-0.1, -0.05) is 18.3 Å². The Labute approximate surface area is 213 Å². The number of nitrogens with one attached hydrogen (secondary N) is 1. The molecule has 0 aliphatic carbocycles.